The molecule has 0 spiro atoms. The van der Waals surface area contributed by atoms with E-state index in [0.29, 0.717) is 12.6 Å². The minimum atomic E-state index is 0.371. The summed E-state index contributed by atoms with van der Waals surface area (Å²) >= 11 is 0. The molecule has 0 bridgehead atoms. The number of hydrogen-bond acceptors (Lipinski definition) is 3. The molecule has 2 rings (SSSR count). The molecule has 1 aromatic carbocycles. The molecule has 3 heteroatoms. The van der Waals surface area contributed by atoms with Crippen LogP contribution >= 0.6 is 0 Å². The van der Waals surface area contributed by atoms with Gasteiger partial charge in [-0.15, -0.1) is 0 Å². The third kappa shape index (κ3) is 2.70. The van der Waals surface area contributed by atoms with Crippen LogP contribution in [0.3, 0.4) is 0 Å². The van der Waals surface area contributed by atoms with Crippen molar-refractivity contribution in [1.82, 2.24) is 4.90 Å². The van der Waals surface area contributed by atoms with Crippen molar-refractivity contribution in [3.05, 3.63) is 29.8 Å². The summed E-state index contributed by atoms with van der Waals surface area (Å²) in [6, 6.07) is 8.24. The molecule has 0 radical (unpaired) electrons. The van der Waals surface area contributed by atoms with Crippen molar-refractivity contribution in [2.75, 3.05) is 26.7 Å². The fourth-order valence-corrected chi connectivity index (χ4v) is 1.81. The van der Waals surface area contributed by atoms with Crippen molar-refractivity contribution in [2.24, 2.45) is 5.73 Å². The van der Waals surface area contributed by atoms with Crippen LogP contribution in [0.2, 0.25) is 0 Å². The van der Waals surface area contributed by atoms with Gasteiger partial charge in [-0.2, -0.15) is 0 Å². The summed E-state index contributed by atoms with van der Waals surface area (Å²) < 4.78 is 5.78. The number of benzene rings is 1. The minimum Gasteiger partial charge on any atom is -0.488 e. The van der Waals surface area contributed by atoms with Crippen LogP contribution in [0.25, 0.3) is 0 Å². The number of ether oxygens (including phenoxy) is 1. The van der Waals surface area contributed by atoms with Gasteiger partial charge < -0.3 is 10.5 Å². The van der Waals surface area contributed by atoms with E-state index in [4.69, 9.17) is 10.5 Å². The molecule has 1 saturated heterocycles. The first-order chi connectivity index (χ1) is 7.28. The summed E-state index contributed by atoms with van der Waals surface area (Å²) in [5.41, 5.74) is 6.76. The average Bonchev–Trinajstić information content (AvgIpc) is 2.19. The summed E-state index contributed by atoms with van der Waals surface area (Å²) in [7, 11) is 2.10. The third-order valence-electron chi connectivity index (χ3n) is 2.69. The van der Waals surface area contributed by atoms with Crippen molar-refractivity contribution in [2.45, 2.75) is 12.5 Å². The maximum Gasteiger partial charge on any atom is 0.124 e. The second-order valence-corrected chi connectivity index (χ2v) is 4.14. The zero-order valence-corrected chi connectivity index (χ0v) is 9.15. The number of rotatable bonds is 4. The van der Waals surface area contributed by atoms with Gasteiger partial charge in [0.25, 0.3) is 0 Å². The smallest absolute Gasteiger partial charge is 0.124 e. The predicted molar refractivity (Wildman–Crippen MR) is 61.1 cm³/mol. The zero-order chi connectivity index (χ0) is 10.7. The molecule has 1 aromatic rings. The maximum atomic E-state index is 5.78. The van der Waals surface area contributed by atoms with Crippen molar-refractivity contribution >= 4 is 0 Å². The van der Waals surface area contributed by atoms with Crippen molar-refractivity contribution in [3.63, 3.8) is 0 Å². The van der Waals surface area contributed by atoms with Crippen molar-refractivity contribution < 1.29 is 4.74 Å². The lowest BCUT2D eigenvalue weighted by atomic mass is 10.1. The molecule has 1 aliphatic heterocycles. The molecule has 82 valence electrons. The quantitative estimate of drug-likeness (QED) is 0.795. The van der Waals surface area contributed by atoms with E-state index in [1.807, 2.05) is 12.1 Å². The largest absolute Gasteiger partial charge is 0.488 e. The lowest BCUT2D eigenvalue weighted by molar-refractivity contribution is 0.0388. The van der Waals surface area contributed by atoms with Crippen LogP contribution in [0.5, 0.6) is 5.75 Å². The molecule has 0 amide bonds. The molecule has 15 heavy (non-hydrogen) atoms. The Morgan fingerprint density at radius 2 is 2.00 bits per heavy atom. The van der Waals surface area contributed by atoms with Crippen LogP contribution in [0.4, 0.5) is 0 Å². The highest BCUT2D eigenvalue weighted by Gasteiger charge is 2.24. The SMILES string of the molecule is CN1CC(Oc2ccc(CCN)cc2)C1. The van der Waals surface area contributed by atoms with Gasteiger partial charge in [-0.1, -0.05) is 12.1 Å². The molecule has 1 heterocycles. The molecule has 2 N–H and O–H groups in total. The van der Waals surface area contributed by atoms with Crippen molar-refractivity contribution in [1.29, 1.82) is 0 Å². The van der Waals surface area contributed by atoms with Crippen molar-refractivity contribution in [3.8, 4) is 5.75 Å². The summed E-state index contributed by atoms with van der Waals surface area (Å²) in [5, 5.41) is 0. The molecular formula is C12H18N2O. The molecule has 3 nitrogen and oxygen atoms in total. The van der Waals surface area contributed by atoms with Crippen LogP contribution in [-0.2, 0) is 6.42 Å². The molecule has 0 atom stereocenters. The van der Waals surface area contributed by atoms with Gasteiger partial charge in [0.1, 0.15) is 11.9 Å². The second kappa shape index (κ2) is 4.64. The predicted octanol–water partition coefficient (Wildman–Crippen LogP) is 0.881. The lowest BCUT2D eigenvalue weighted by Crippen LogP contribution is -2.51. The maximum absolute atomic E-state index is 5.78. The molecule has 0 unspecified atom stereocenters. The van der Waals surface area contributed by atoms with Crippen LogP contribution in [-0.4, -0.2) is 37.7 Å². The Hall–Kier alpha value is -1.06. The fraction of sp³-hybridized carbons (Fsp3) is 0.500. The zero-order valence-electron chi connectivity index (χ0n) is 9.15. The van der Waals surface area contributed by atoms with Gasteiger partial charge in [-0.3, -0.25) is 4.90 Å². The lowest BCUT2D eigenvalue weighted by Gasteiger charge is -2.36. The average molecular weight is 206 g/mol. The molecule has 0 aromatic heterocycles. The standard InChI is InChI=1S/C12H18N2O/c1-14-8-12(9-14)15-11-4-2-10(3-5-11)6-7-13/h2-5,12H,6-9,13H2,1H3. The Labute approximate surface area is 90.8 Å². The first-order valence-corrected chi connectivity index (χ1v) is 5.42. The summed E-state index contributed by atoms with van der Waals surface area (Å²) in [6.45, 7) is 2.77. The van der Waals surface area contributed by atoms with Gasteiger partial charge in [-0.05, 0) is 37.7 Å². The Morgan fingerprint density at radius 1 is 1.33 bits per heavy atom. The first-order valence-electron chi connectivity index (χ1n) is 5.42. The van der Waals surface area contributed by atoms with E-state index < -0.39 is 0 Å². The second-order valence-electron chi connectivity index (χ2n) is 4.14. The number of likely N-dealkylation sites (N-methyl/N-ethyl adjacent to an activating group) is 1. The van der Waals surface area contributed by atoms with Crippen LogP contribution < -0.4 is 10.5 Å². The molecule has 0 saturated carbocycles. The molecule has 0 aliphatic carbocycles. The van der Waals surface area contributed by atoms with E-state index in [9.17, 15) is 0 Å². The molecule has 1 fully saturated rings. The van der Waals surface area contributed by atoms with Gasteiger partial charge in [0, 0.05) is 13.1 Å². The normalized spacial score (nSPS) is 17.5. The minimum absolute atomic E-state index is 0.371. The van der Waals surface area contributed by atoms with Gasteiger partial charge >= 0.3 is 0 Å². The monoisotopic (exact) mass is 206 g/mol. The number of hydrogen-bond donors (Lipinski definition) is 1. The summed E-state index contributed by atoms with van der Waals surface area (Å²) in [4.78, 5) is 2.24. The Balaban J connectivity index is 1.87. The van der Waals surface area contributed by atoms with Gasteiger partial charge in [0.2, 0.25) is 0 Å². The Morgan fingerprint density at radius 3 is 2.53 bits per heavy atom. The molecule has 1 aliphatic rings. The summed E-state index contributed by atoms with van der Waals surface area (Å²) in [5.74, 6) is 0.967. The van der Waals surface area contributed by atoms with Gasteiger partial charge in [-0.25, -0.2) is 0 Å². The number of likely N-dealkylation sites (tertiary alicyclic amines) is 1. The topological polar surface area (TPSA) is 38.5 Å². The summed E-state index contributed by atoms with van der Waals surface area (Å²) in [6.07, 6.45) is 1.31. The highest BCUT2D eigenvalue weighted by atomic mass is 16.5. The van der Waals surface area contributed by atoms with Gasteiger partial charge in [0.15, 0.2) is 0 Å². The van der Waals surface area contributed by atoms with E-state index in [1.165, 1.54) is 5.56 Å². The van der Waals surface area contributed by atoms with Gasteiger partial charge in [0.05, 0.1) is 0 Å². The highest BCUT2D eigenvalue weighted by molar-refractivity contribution is 5.27. The Bertz CT molecular complexity index is 304. The van der Waals surface area contributed by atoms with Crippen LogP contribution in [0.15, 0.2) is 24.3 Å². The fourth-order valence-electron chi connectivity index (χ4n) is 1.81. The number of nitrogens with zero attached hydrogens (tertiary/aromatic N) is 1. The first kappa shape index (κ1) is 10.5. The van der Waals surface area contributed by atoms with E-state index in [-0.39, 0.29) is 0 Å². The van der Waals surface area contributed by atoms with E-state index in [2.05, 4.69) is 24.1 Å². The third-order valence-corrected chi connectivity index (χ3v) is 2.69. The highest BCUT2D eigenvalue weighted by Crippen LogP contribution is 2.17. The molecular weight excluding hydrogens is 188 g/mol. The number of nitrogens with two attached hydrogens (primary N) is 1. The van der Waals surface area contributed by atoms with Crippen LogP contribution in [0, 0.1) is 0 Å². The van der Waals surface area contributed by atoms with E-state index in [0.717, 1.165) is 25.3 Å². The van der Waals surface area contributed by atoms with E-state index in [1.54, 1.807) is 0 Å². The van der Waals surface area contributed by atoms with Crippen LogP contribution in [0.1, 0.15) is 5.56 Å². The van der Waals surface area contributed by atoms with E-state index >= 15 is 0 Å². The Kier molecular flexibility index (Phi) is 3.23.